The van der Waals surface area contributed by atoms with Crippen molar-refractivity contribution < 1.29 is 4.79 Å². The number of hydrogen-bond donors (Lipinski definition) is 3. The van der Waals surface area contributed by atoms with Crippen LogP contribution in [0.3, 0.4) is 0 Å². The molecule has 0 aliphatic carbocycles. The summed E-state index contributed by atoms with van der Waals surface area (Å²) < 4.78 is 1.73. The first-order valence-electron chi connectivity index (χ1n) is 8.33. The number of nitrogens with zero attached hydrogens (tertiary/aromatic N) is 3. The molecule has 3 rings (SSSR count). The molecule has 0 saturated heterocycles. The molecule has 0 aliphatic rings. The predicted octanol–water partition coefficient (Wildman–Crippen LogP) is 1.85. The maximum absolute atomic E-state index is 12.3. The van der Waals surface area contributed by atoms with Gasteiger partial charge in [0.25, 0.3) is 11.5 Å². The van der Waals surface area contributed by atoms with Gasteiger partial charge in [-0.2, -0.15) is 10.1 Å². The van der Waals surface area contributed by atoms with Crippen LogP contribution in [0.1, 0.15) is 36.7 Å². The van der Waals surface area contributed by atoms with E-state index in [1.54, 1.807) is 23.9 Å². The van der Waals surface area contributed by atoms with E-state index in [2.05, 4.69) is 25.7 Å². The lowest BCUT2D eigenvalue weighted by molar-refractivity contribution is 0.0963. The average Bonchev–Trinajstić information content (AvgIpc) is 3.04. The van der Waals surface area contributed by atoms with E-state index in [0.717, 1.165) is 5.56 Å². The van der Waals surface area contributed by atoms with Crippen molar-refractivity contribution in [2.75, 3.05) is 12.4 Å². The number of aromatic nitrogens is 4. The maximum Gasteiger partial charge on any atom is 0.263 e. The number of rotatable bonds is 4. The summed E-state index contributed by atoms with van der Waals surface area (Å²) in [5.74, 6) is 0.215. The summed E-state index contributed by atoms with van der Waals surface area (Å²) in [6, 6.07) is 7.25. The second kappa shape index (κ2) is 6.62. The van der Waals surface area contributed by atoms with E-state index in [1.807, 2.05) is 32.9 Å². The molecule has 3 aromatic rings. The van der Waals surface area contributed by atoms with Crippen molar-refractivity contribution in [3.05, 3.63) is 51.9 Å². The molecule has 8 heteroatoms. The van der Waals surface area contributed by atoms with Crippen molar-refractivity contribution in [2.24, 2.45) is 0 Å². The highest BCUT2D eigenvalue weighted by molar-refractivity contribution is 5.94. The van der Waals surface area contributed by atoms with E-state index in [-0.39, 0.29) is 17.0 Å². The summed E-state index contributed by atoms with van der Waals surface area (Å²) in [4.78, 5) is 31.3. The molecule has 136 valence electrons. The maximum atomic E-state index is 12.3. The summed E-state index contributed by atoms with van der Waals surface area (Å²) in [5, 5.41) is 10.4. The highest BCUT2D eigenvalue weighted by Crippen LogP contribution is 2.19. The zero-order valence-electron chi connectivity index (χ0n) is 15.3. The van der Waals surface area contributed by atoms with Gasteiger partial charge >= 0.3 is 0 Å². The Morgan fingerprint density at radius 3 is 2.77 bits per heavy atom. The fourth-order valence-electron chi connectivity index (χ4n) is 2.65. The zero-order chi connectivity index (χ0) is 18.9. The summed E-state index contributed by atoms with van der Waals surface area (Å²) in [7, 11) is 1.59. The van der Waals surface area contributed by atoms with Crippen LogP contribution < -0.4 is 16.2 Å². The van der Waals surface area contributed by atoms with Crippen LogP contribution in [0.2, 0.25) is 0 Å². The highest BCUT2D eigenvalue weighted by Gasteiger charge is 2.19. The second-order valence-corrected chi connectivity index (χ2v) is 7.01. The van der Waals surface area contributed by atoms with Crippen molar-refractivity contribution >= 4 is 22.9 Å². The lowest BCUT2D eigenvalue weighted by Gasteiger charge is -2.19. The SMILES string of the molecule is CNC(=O)c1cccc(CNc2nc3c(cnn3C(C)(C)C)c(=O)[nH]2)c1. The zero-order valence-corrected chi connectivity index (χ0v) is 15.3. The minimum absolute atomic E-state index is 0.145. The van der Waals surface area contributed by atoms with E-state index >= 15 is 0 Å². The van der Waals surface area contributed by atoms with Crippen molar-refractivity contribution in [3.8, 4) is 0 Å². The largest absolute Gasteiger partial charge is 0.355 e. The molecule has 0 bridgehead atoms. The van der Waals surface area contributed by atoms with E-state index in [4.69, 9.17) is 0 Å². The van der Waals surface area contributed by atoms with E-state index in [0.29, 0.717) is 29.1 Å². The van der Waals surface area contributed by atoms with Crippen molar-refractivity contribution in [2.45, 2.75) is 32.9 Å². The van der Waals surface area contributed by atoms with Gasteiger partial charge in [0.2, 0.25) is 5.95 Å². The molecule has 0 saturated carbocycles. The topological polar surface area (TPSA) is 105 Å². The molecule has 0 atom stereocenters. The number of nitrogens with one attached hydrogen (secondary N) is 3. The summed E-state index contributed by atoms with van der Waals surface area (Å²) in [6.45, 7) is 6.42. The number of anilines is 1. The Labute approximate surface area is 150 Å². The van der Waals surface area contributed by atoms with Crippen LogP contribution in [-0.4, -0.2) is 32.7 Å². The molecule has 8 nitrogen and oxygen atoms in total. The fourth-order valence-corrected chi connectivity index (χ4v) is 2.65. The van der Waals surface area contributed by atoms with Gasteiger partial charge in [-0.25, -0.2) is 4.68 Å². The van der Waals surface area contributed by atoms with Crippen LogP contribution in [0.15, 0.2) is 35.3 Å². The van der Waals surface area contributed by atoms with Crippen LogP contribution >= 0.6 is 0 Å². The van der Waals surface area contributed by atoms with Gasteiger partial charge in [-0.3, -0.25) is 14.6 Å². The number of H-pyrrole nitrogens is 1. The Kier molecular flexibility index (Phi) is 4.50. The number of aromatic amines is 1. The molecule has 2 heterocycles. The van der Waals surface area contributed by atoms with Gasteiger partial charge in [-0.05, 0) is 38.5 Å². The first kappa shape index (κ1) is 17.7. The third-order valence-corrected chi connectivity index (χ3v) is 3.95. The Bertz CT molecular complexity index is 1010. The normalized spacial score (nSPS) is 11.5. The second-order valence-electron chi connectivity index (χ2n) is 7.01. The standard InChI is InChI=1S/C18H22N6O2/c1-18(2,3)24-14-13(10-21-24)16(26)23-17(22-14)20-9-11-6-5-7-12(8-11)15(25)19-4/h5-8,10H,9H2,1-4H3,(H,19,25)(H2,20,22,23,26). The molecule has 1 amide bonds. The summed E-state index contributed by atoms with van der Waals surface area (Å²) in [5.41, 5.74) is 1.48. The van der Waals surface area contributed by atoms with Gasteiger partial charge in [-0.1, -0.05) is 12.1 Å². The molecular formula is C18H22N6O2. The first-order valence-corrected chi connectivity index (χ1v) is 8.33. The minimum atomic E-state index is -0.290. The first-order chi connectivity index (χ1) is 12.3. The van der Waals surface area contributed by atoms with E-state index in [9.17, 15) is 9.59 Å². The number of carbonyl (C=O) groups excluding carboxylic acids is 1. The third-order valence-electron chi connectivity index (χ3n) is 3.95. The molecule has 26 heavy (non-hydrogen) atoms. The fraction of sp³-hybridized carbons (Fsp3) is 0.333. The lowest BCUT2D eigenvalue weighted by Crippen LogP contribution is -2.24. The van der Waals surface area contributed by atoms with Crippen molar-refractivity contribution in [3.63, 3.8) is 0 Å². The Morgan fingerprint density at radius 1 is 1.31 bits per heavy atom. The Morgan fingerprint density at radius 2 is 2.08 bits per heavy atom. The molecule has 0 fully saturated rings. The number of amides is 1. The molecule has 0 spiro atoms. The molecular weight excluding hydrogens is 332 g/mol. The number of fused-ring (bicyclic) bond motifs is 1. The Balaban J connectivity index is 1.88. The predicted molar refractivity (Wildman–Crippen MR) is 100 cm³/mol. The Hall–Kier alpha value is -3.16. The average molecular weight is 354 g/mol. The minimum Gasteiger partial charge on any atom is -0.355 e. The van der Waals surface area contributed by atoms with Crippen LogP contribution in [0.25, 0.3) is 11.0 Å². The van der Waals surface area contributed by atoms with Gasteiger partial charge in [0.05, 0.1) is 11.7 Å². The van der Waals surface area contributed by atoms with Crippen LogP contribution in [-0.2, 0) is 12.1 Å². The number of carbonyl (C=O) groups is 1. The number of hydrogen-bond acceptors (Lipinski definition) is 5. The molecule has 0 unspecified atom stereocenters. The van der Waals surface area contributed by atoms with Crippen molar-refractivity contribution in [1.82, 2.24) is 25.1 Å². The van der Waals surface area contributed by atoms with Crippen LogP contribution in [0, 0.1) is 0 Å². The summed E-state index contributed by atoms with van der Waals surface area (Å²) >= 11 is 0. The van der Waals surface area contributed by atoms with Gasteiger partial charge < -0.3 is 10.6 Å². The lowest BCUT2D eigenvalue weighted by atomic mass is 10.1. The molecule has 0 radical (unpaired) electrons. The molecule has 0 aliphatic heterocycles. The highest BCUT2D eigenvalue weighted by atomic mass is 16.1. The third kappa shape index (κ3) is 3.44. The molecule has 1 aromatic carbocycles. The number of benzene rings is 1. The monoisotopic (exact) mass is 354 g/mol. The van der Waals surface area contributed by atoms with Gasteiger partial charge in [0, 0.05) is 19.2 Å². The van der Waals surface area contributed by atoms with E-state index in [1.165, 1.54) is 6.20 Å². The smallest absolute Gasteiger partial charge is 0.263 e. The van der Waals surface area contributed by atoms with Crippen molar-refractivity contribution in [1.29, 1.82) is 0 Å². The molecule has 2 aromatic heterocycles. The van der Waals surface area contributed by atoms with E-state index < -0.39 is 0 Å². The van der Waals surface area contributed by atoms with Crippen LogP contribution in [0.4, 0.5) is 5.95 Å². The van der Waals surface area contributed by atoms with Gasteiger partial charge in [0.15, 0.2) is 5.65 Å². The quantitative estimate of drug-likeness (QED) is 0.663. The van der Waals surface area contributed by atoms with Crippen LogP contribution in [0.5, 0.6) is 0 Å². The molecule has 3 N–H and O–H groups in total. The summed E-state index contributed by atoms with van der Waals surface area (Å²) in [6.07, 6.45) is 1.53. The van der Waals surface area contributed by atoms with Gasteiger partial charge in [-0.15, -0.1) is 0 Å². The van der Waals surface area contributed by atoms with Gasteiger partial charge in [0.1, 0.15) is 5.39 Å².